The number of aliphatic hydroxyl groups excluding tert-OH is 1. The first kappa shape index (κ1) is 15.4. The van der Waals surface area contributed by atoms with Gasteiger partial charge in [0.1, 0.15) is 11.6 Å². The first-order valence-electron chi connectivity index (χ1n) is 7.29. The van der Waals surface area contributed by atoms with Gasteiger partial charge in [-0.2, -0.15) is 0 Å². The highest BCUT2D eigenvalue weighted by atomic mass is 19.1. The van der Waals surface area contributed by atoms with E-state index in [9.17, 15) is 18.7 Å². The summed E-state index contributed by atoms with van der Waals surface area (Å²) < 4.78 is 26.6. The molecule has 2 aromatic rings. The van der Waals surface area contributed by atoms with Crippen molar-refractivity contribution < 1.29 is 18.7 Å². The van der Waals surface area contributed by atoms with Crippen molar-refractivity contribution in [1.29, 1.82) is 0 Å². The molecule has 0 aromatic heterocycles. The summed E-state index contributed by atoms with van der Waals surface area (Å²) in [6.07, 6.45) is -0.233. The zero-order valence-electron chi connectivity index (χ0n) is 12.2. The van der Waals surface area contributed by atoms with Crippen LogP contribution in [0, 0.1) is 11.6 Å². The number of hydrogen-bond donors (Lipinski definition) is 3. The molecule has 120 valence electrons. The number of fused-ring (bicyclic) bond motifs is 1. The van der Waals surface area contributed by atoms with Gasteiger partial charge in [0.25, 0.3) is 0 Å². The van der Waals surface area contributed by atoms with Gasteiger partial charge in [0.15, 0.2) is 0 Å². The van der Waals surface area contributed by atoms with Gasteiger partial charge in [-0.25, -0.2) is 13.6 Å². The number of amides is 2. The summed E-state index contributed by atoms with van der Waals surface area (Å²) in [4.78, 5) is 12.0. The van der Waals surface area contributed by atoms with Crippen molar-refractivity contribution in [2.75, 3.05) is 0 Å². The van der Waals surface area contributed by atoms with Crippen LogP contribution in [0.4, 0.5) is 13.6 Å². The maximum Gasteiger partial charge on any atom is 0.315 e. The fraction of sp³-hybridized carbons (Fsp3) is 0.235. The van der Waals surface area contributed by atoms with E-state index in [0.717, 1.165) is 29.3 Å². The van der Waals surface area contributed by atoms with Crippen LogP contribution in [-0.2, 0) is 13.0 Å². The van der Waals surface area contributed by atoms with Crippen LogP contribution in [0.3, 0.4) is 0 Å². The van der Waals surface area contributed by atoms with Crippen molar-refractivity contribution >= 4 is 6.03 Å². The van der Waals surface area contributed by atoms with Gasteiger partial charge in [-0.05, 0) is 29.3 Å². The number of carbonyl (C=O) groups is 1. The summed E-state index contributed by atoms with van der Waals surface area (Å²) in [6.45, 7) is -0.139. The van der Waals surface area contributed by atoms with Gasteiger partial charge in [-0.3, -0.25) is 0 Å². The van der Waals surface area contributed by atoms with E-state index in [-0.39, 0.29) is 12.1 Å². The van der Waals surface area contributed by atoms with E-state index in [1.807, 2.05) is 24.3 Å². The molecule has 1 aliphatic carbocycles. The zero-order valence-corrected chi connectivity index (χ0v) is 12.2. The van der Waals surface area contributed by atoms with Crippen LogP contribution in [0.2, 0.25) is 0 Å². The number of urea groups is 1. The van der Waals surface area contributed by atoms with Crippen molar-refractivity contribution in [1.82, 2.24) is 10.6 Å². The summed E-state index contributed by atoms with van der Waals surface area (Å²) >= 11 is 0. The topological polar surface area (TPSA) is 61.4 Å². The Morgan fingerprint density at radius 3 is 2.83 bits per heavy atom. The highest BCUT2D eigenvalue weighted by molar-refractivity contribution is 5.74. The monoisotopic (exact) mass is 318 g/mol. The first-order valence-corrected chi connectivity index (χ1v) is 7.29. The lowest BCUT2D eigenvalue weighted by atomic mass is 10.1. The molecule has 2 aromatic carbocycles. The third kappa shape index (κ3) is 3.32. The van der Waals surface area contributed by atoms with E-state index in [4.69, 9.17) is 0 Å². The summed E-state index contributed by atoms with van der Waals surface area (Å²) in [7, 11) is 0. The van der Waals surface area contributed by atoms with Gasteiger partial charge in [0, 0.05) is 18.5 Å². The normalized spacial score (nSPS) is 19.3. The minimum Gasteiger partial charge on any atom is -0.390 e. The number of halogens is 2. The number of rotatable bonds is 3. The Morgan fingerprint density at radius 2 is 2.00 bits per heavy atom. The molecule has 2 atom stereocenters. The van der Waals surface area contributed by atoms with E-state index in [2.05, 4.69) is 10.6 Å². The lowest BCUT2D eigenvalue weighted by Crippen LogP contribution is -2.40. The second kappa shape index (κ2) is 6.34. The molecule has 0 fully saturated rings. The van der Waals surface area contributed by atoms with E-state index in [1.54, 1.807) is 0 Å². The molecule has 23 heavy (non-hydrogen) atoms. The molecule has 3 rings (SSSR count). The highest BCUT2D eigenvalue weighted by Crippen LogP contribution is 2.31. The number of carbonyl (C=O) groups excluding carboxylic acids is 1. The van der Waals surface area contributed by atoms with Crippen LogP contribution in [0.15, 0.2) is 42.5 Å². The Kier molecular flexibility index (Phi) is 4.25. The van der Waals surface area contributed by atoms with Crippen molar-refractivity contribution in [3.05, 3.63) is 70.8 Å². The highest BCUT2D eigenvalue weighted by Gasteiger charge is 2.31. The van der Waals surface area contributed by atoms with Crippen LogP contribution in [-0.4, -0.2) is 17.2 Å². The summed E-state index contributed by atoms with van der Waals surface area (Å²) in [5.41, 5.74) is 1.92. The predicted octanol–water partition coefficient (Wildman–Crippen LogP) is 2.42. The maximum absolute atomic E-state index is 13.5. The van der Waals surface area contributed by atoms with Crippen molar-refractivity contribution in [2.24, 2.45) is 0 Å². The van der Waals surface area contributed by atoms with Crippen molar-refractivity contribution in [2.45, 2.75) is 25.1 Å². The minimum absolute atomic E-state index is 0.0625. The van der Waals surface area contributed by atoms with Gasteiger partial charge in [-0.1, -0.05) is 24.3 Å². The standard InChI is InChI=1S/C17H16F2N2O2/c18-12-5-6-14(19)11(7-12)9-20-17(23)21-16-13-4-2-1-3-10(13)8-15(16)22/h1-7,15-16,22H,8-9H2,(H2,20,21,23). The molecule has 0 bridgehead atoms. The Balaban J connectivity index is 1.63. The maximum atomic E-state index is 13.5. The zero-order chi connectivity index (χ0) is 16.4. The Bertz CT molecular complexity index is 736. The smallest absolute Gasteiger partial charge is 0.315 e. The Morgan fingerprint density at radius 1 is 1.22 bits per heavy atom. The van der Waals surface area contributed by atoms with Crippen LogP contribution in [0.1, 0.15) is 22.7 Å². The van der Waals surface area contributed by atoms with E-state index >= 15 is 0 Å². The molecule has 0 saturated heterocycles. The average molecular weight is 318 g/mol. The Hall–Kier alpha value is -2.47. The quantitative estimate of drug-likeness (QED) is 0.814. The van der Waals surface area contributed by atoms with Crippen molar-refractivity contribution in [3.8, 4) is 0 Å². The molecular weight excluding hydrogens is 302 g/mol. The first-order chi connectivity index (χ1) is 11.0. The molecule has 2 unspecified atom stereocenters. The molecule has 6 heteroatoms. The predicted molar refractivity (Wildman–Crippen MR) is 80.6 cm³/mol. The fourth-order valence-electron chi connectivity index (χ4n) is 2.79. The largest absolute Gasteiger partial charge is 0.390 e. The van der Waals surface area contributed by atoms with Crippen molar-refractivity contribution in [3.63, 3.8) is 0 Å². The summed E-state index contributed by atoms with van der Waals surface area (Å²) in [5, 5.41) is 15.2. The van der Waals surface area contributed by atoms with Gasteiger partial charge in [0.05, 0.1) is 12.1 Å². The molecular formula is C17H16F2N2O2. The molecule has 3 N–H and O–H groups in total. The third-order valence-corrected chi connectivity index (χ3v) is 3.94. The SMILES string of the molecule is O=C(NCc1cc(F)ccc1F)NC1c2ccccc2CC1O. The molecule has 0 heterocycles. The number of hydrogen-bond acceptors (Lipinski definition) is 2. The van der Waals surface area contributed by atoms with Crippen LogP contribution < -0.4 is 10.6 Å². The summed E-state index contributed by atoms with van der Waals surface area (Å²) in [5.74, 6) is -1.15. The number of benzene rings is 2. The van der Waals surface area contributed by atoms with Gasteiger partial charge < -0.3 is 15.7 Å². The minimum atomic E-state index is -0.705. The molecule has 4 nitrogen and oxygen atoms in total. The van der Waals surface area contributed by atoms with Gasteiger partial charge in [-0.15, -0.1) is 0 Å². The van der Waals surface area contributed by atoms with E-state index < -0.39 is 29.8 Å². The molecule has 1 aliphatic rings. The van der Waals surface area contributed by atoms with Crippen LogP contribution in [0.25, 0.3) is 0 Å². The van der Waals surface area contributed by atoms with E-state index in [0.29, 0.717) is 6.42 Å². The lowest BCUT2D eigenvalue weighted by molar-refractivity contribution is 0.142. The molecule has 0 spiro atoms. The van der Waals surface area contributed by atoms with Gasteiger partial charge in [0.2, 0.25) is 0 Å². The van der Waals surface area contributed by atoms with E-state index in [1.165, 1.54) is 0 Å². The Labute approximate surface area is 132 Å². The van der Waals surface area contributed by atoms with Gasteiger partial charge >= 0.3 is 6.03 Å². The average Bonchev–Trinajstić information content (AvgIpc) is 2.84. The third-order valence-electron chi connectivity index (χ3n) is 3.94. The second-order valence-electron chi connectivity index (χ2n) is 5.51. The second-order valence-corrected chi connectivity index (χ2v) is 5.51. The molecule has 0 saturated carbocycles. The lowest BCUT2D eigenvalue weighted by Gasteiger charge is -2.18. The number of aliphatic hydroxyl groups is 1. The molecule has 0 aliphatic heterocycles. The summed E-state index contributed by atoms with van der Waals surface area (Å²) in [6, 6.07) is 9.48. The number of nitrogens with one attached hydrogen (secondary N) is 2. The molecule has 0 radical (unpaired) electrons. The van der Waals surface area contributed by atoms with Crippen LogP contribution >= 0.6 is 0 Å². The fourth-order valence-corrected chi connectivity index (χ4v) is 2.79. The van der Waals surface area contributed by atoms with Crippen LogP contribution in [0.5, 0.6) is 0 Å². The molecule has 2 amide bonds.